The zero-order chi connectivity index (χ0) is 16.3. The number of carbonyl (C=O) groups is 1. The van der Waals surface area contributed by atoms with E-state index in [1.807, 2.05) is 54.6 Å². The number of amides is 2. The molecule has 2 aromatic rings. The summed E-state index contributed by atoms with van der Waals surface area (Å²) in [7, 11) is 1.60. The minimum Gasteiger partial charge on any atom is -0.382 e. The largest absolute Gasteiger partial charge is 0.382 e. The van der Waals surface area contributed by atoms with Crippen molar-refractivity contribution in [3.05, 3.63) is 54.6 Å². The van der Waals surface area contributed by atoms with E-state index >= 15 is 0 Å². The van der Waals surface area contributed by atoms with E-state index < -0.39 is 0 Å². The fraction of sp³-hybridized carbons (Fsp3) is 0.235. The Morgan fingerprint density at radius 1 is 0.913 bits per heavy atom. The Bertz CT molecular complexity index is 588. The third-order valence-electron chi connectivity index (χ3n) is 2.97. The molecule has 0 fully saturated rings. The molecule has 2 aromatic carbocycles. The molecule has 0 aromatic heterocycles. The van der Waals surface area contributed by atoms with Gasteiger partial charge in [0.15, 0.2) is 0 Å². The number of hydrogen-bond donors (Lipinski definition) is 3. The summed E-state index contributed by atoms with van der Waals surface area (Å²) >= 11 is 0. The summed E-state index contributed by atoms with van der Waals surface area (Å²) in [6, 6.07) is 17.0. The molecule has 0 radical (unpaired) electrons. The lowest BCUT2D eigenvalue weighted by atomic mass is 10.2. The SMILES string of the molecule is COCCOCNC(=O)Nc1ccc(Nc2ccccc2)cc1. The van der Waals surface area contributed by atoms with Gasteiger partial charge in [0.1, 0.15) is 6.73 Å². The van der Waals surface area contributed by atoms with Crippen LogP contribution in [0.25, 0.3) is 0 Å². The van der Waals surface area contributed by atoms with Crippen LogP contribution < -0.4 is 16.0 Å². The van der Waals surface area contributed by atoms with Crippen molar-refractivity contribution < 1.29 is 14.3 Å². The van der Waals surface area contributed by atoms with Crippen molar-refractivity contribution >= 4 is 23.1 Å². The molecule has 2 rings (SSSR count). The molecule has 0 aliphatic carbocycles. The number of benzene rings is 2. The van der Waals surface area contributed by atoms with Gasteiger partial charge in [-0.3, -0.25) is 0 Å². The topological polar surface area (TPSA) is 71.6 Å². The van der Waals surface area contributed by atoms with E-state index in [-0.39, 0.29) is 12.8 Å². The molecule has 6 heteroatoms. The molecular formula is C17H21N3O3. The maximum atomic E-state index is 11.7. The summed E-state index contributed by atoms with van der Waals surface area (Å²) in [4.78, 5) is 11.7. The summed E-state index contributed by atoms with van der Waals surface area (Å²) < 4.78 is 10.00. The van der Waals surface area contributed by atoms with Crippen LogP contribution in [0.2, 0.25) is 0 Å². The van der Waals surface area contributed by atoms with Gasteiger partial charge in [-0.05, 0) is 36.4 Å². The van der Waals surface area contributed by atoms with Gasteiger partial charge in [0.2, 0.25) is 0 Å². The van der Waals surface area contributed by atoms with Crippen LogP contribution in [0.5, 0.6) is 0 Å². The first-order chi connectivity index (χ1) is 11.3. The number of para-hydroxylation sites is 1. The van der Waals surface area contributed by atoms with Gasteiger partial charge >= 0.3 is 6.03 Å². The van der Waals surface area contributed by atoms with E-state index in [0.717, 1.165) is 11.4 Å². The van der Waals surface area contributed by atoms with Crippen molar-refractivity contribution in [2.24, 2.45) is 0 Å². The molecule has 0 aliphatic heterocycles. The van der Waals surface area contributed by atoms with Crippen molar-refractivity contribution in [1.29, 1.82) is 0 Å². The van der Waals surface area contributed by atoms with Crippen LogP contribution in [0, 0.1) is 0 Å². The van der Waals surface area contributed by atoms with E-state index in [9.17, 15) is 4.79 Å². The quantitative estimate of drug-likeness (QED) is 0.517. The van der Waals surface area contributed by atoms with E-state index in [1.165, 1.54) is 0 Å². The Hall–Kier alpha value is -2.57. The van der Waals surface area contributed by atoms with Gasteiger partial charge in [-0.1, -0.05) is 18.2 Å². The predicted molar refractivity (Wildman–Crippen MR) is 91.0 cm³/mol. The van der Waals surface area contributed by atoms with Gasteiger partial charge in [0.25, 0.3) is 0 Å². The molecule has 0 saturated carbocycles. The van der Waals surface area contributed by atoms with Crippen LogP contribution in [0.3, 0.4) is 0 Å². The third kappa shape index (κ3) is 6.37. The van der Waals surface area contributed by atoms with Crippen molar-refractivity contribution in [3.63, 3.8) is 0 Å². The van der Waals surface area contributed by atoms with Crippen LogP contribution >= 0.6 is 0 Å². The molecule has 122 valence electrons. The number of ether oxygens (including phenoxy) is 2. The lowest BCUT2D eigenvalue weighted by molar-refractivity contribution is 0.0650. The Balaban J connectivity index is 1.75. The van der Waals surface area contributed by atoms with E-state index in [2.05, 4.69) is 16.0 Å². The highest BCUT2D eigenvalue weighted by molar-refractivity contribution is 5.89. The Labute approximate surface area is 135 Å². The first-order valence-corrected chi connectivity index (χ1v) is 7.31. The van der Waals surface area contributed by atoms with Gasteiger partial charge in [0.05, 0.1) is 13.2 Å². The van der Waals surface area contributed by atoms with Crippen LogP contribution in [-0.4, -0.2) is 33.1 Å². The van der Waals surface area contributed by atoms with Gasteiger partial charge in [0, 0.05) is 24.2 Å². The summed E-state index contributed by atoms with van der Waals surface area (Å²) in [6.07, 6.45) is 0. The Morgan fingerprint density at radius 2 is 1.57 bits per heavy atom. The molecule has 23 heavy (non-hydrogen) atoms. The molecule has 6 nitrogen and oxygen atoms in total. The molecule has 0 bridgehead atoms. The van der Waals surface area contributed by atoms with Crippen molar-refractivity contribution in [2.75, 3.05) is 37.7 Å². The summed E-state index contributed by atoms with van der Waals surface area (Å²) in [6.45, 7) is 1.08. The molecule has 0 spiro atoms. The molecule has 0 atom stereocenters. The number of methoxy groups -OCH3 is 1. The lowest BCUT2D eigenvalue weighted by Crippen LogP contribution is -2.31. The highest BCUT2D eigenvalue weighted by Crippen LogP contribution is 2.18. The number of hydrogen-bond acceptors (Lipinski definition) is 4. The zero-order valence-electron chi connectivity index (χ0n) is 13.0. The first kappa shape index (κ1) is 16.8. The van der Waals surface area contributed by atoms with Crippen molar-refractivity contribution in [1.82, 2.24) is 5.32 Å². The number of rotatable bonds is 8. The normalized spacial score (nSPS) is 10.1. The second-order valence-corrected chi connectivity index (χ2v) is 4.74. The fourth-order valence-electron chi connectivity index (χ4n) is 1.83. The van der Waals surface area contributed by atoms with Crippen molar-refractivity contribution in [3.8, 4) is 0 Å². The predicted octanol–water partition coefficient (Wildman–Crippen LogP) is 3.17. The highest BCUT2D eigenvalue weighted by Gasteiger charge is 2.01. The molecule has 0 unspecified atom stereocenters. The number of urea groups is 1. The van der Waals surface area contributed by atoms with Crippen LogP contribution in [0.15, 0.2) is 54.6 Å². The van der Waals surface area contributed by atoms with Crippen LogP contribution in [0.4, 0.5) is 21.9 Å². The standard InChI is InChI=1S/C17H21N3O3/c1-22-11-12-23-13-18-17(21)20-16-9-7-15(8-10-16)19-14-5-3-2-4-6-14/h2-10,19H,11-13H2,1H3,(H2,18,20,21). The second-order valence-electron chi connectivity index (χ2n) is 4.74. The minimum atomic E-state index is -0.314. The summed E-state index contributed by atoms with van der Waals surface area (Å²) in [5, 5.41) is 8.61. The summed E-state index contributed by atoms with van der Waals surface area (Å²) in [5.41, 5.74) is 2.67. The van der Waals surface area contributed by atoms with Gasteiger partial charge < -0.3 is 25.4 Å². The molecule has 0 heterocycles. The van der Waals surface area contributed by atoms with E-state index in [0.29, 0.717) is 18.9 Å². The van der Waals surface area contributed by atoms with E-state index in [4.69, 9.17) is 9.47 Å². The fourth-order valence-corrected chi connectivity index (χ4v) is 1.83. The zero-order valence-corrected chi connectivity index (χ0v) is 13.0. The van der Waals surface area contributed by atoms with Crippen LogP contribution in [0.1, 0.15) is 0 Å². The maximum absolute atomic E-state index is 11.7. The number of nitrogens with one attached hydrogen (secondary N) is 3. The monoisotopic (exact) mass is 315 g/mol. The smallest absolute Gasteiger partial charge is 0.321 e. The molecular weight excluding hydrogens is 294 g/mol. The van der Waals surface area contributed by atoms with Gasteiger partial charge in [-0.15, -0.1) is 0 Å². The van der Waals surface area contributed by atoms with Gasteiger partial charge in [-0.2, -0.15) is 0 Å². The van der Waals surface area contributed by atoms with Crippen molar-refractivity contribution in [2.45, 2.75) is 0 Å². The first-order valence-electron chi connectivity index (χ1n) is 7.31. The number of anilines is 3. The number of carbonyl (C=O) groups excluding carboxylic acids is 1. The average molecular weight is 315 g/mol. The minimum absolute atomic E-state index is 0.142. The second kappa shape index (κ2) is 9.45. The maximum Gasteiger partial charge on any atom is 0.321 e. The van der Waals surface area contributed by atoms with E-state index in [1.54, 1.807) is 7.11 Å². The average Bonchev–Trinajstić information content (AvgIpc) is 2.57. The Kier molecular flexibility index (Phi) is 6.90. The third-order valence-corrected chi connectivity index (χ3v) is 2.97. The molecule has 3 N–H and O–H groups in total. The van der Waals surface area contributed by atoms with Gasteiger partial charge in [-0.25, -0.2) is 4.79 Å². The van der Waals surface area contributed by atoms with Crippen LogP contribution in [-0.2, 0) is 9.47 Å². The molecule has 2 amide bonds. The lowest BCUT2D eigenvalue weighted by Gasteiger charge is -2.10. The molecule has 0 saturated heterocycles. The Morgan fingerprint density at radius 3 is 2.26 bits per heavy atom. The highest BCUT2D eigenvalue weighted by atomic mass is 16.5. The molecule has 0 aliphatic rings. The summed E-state index contributed by atoms with van der Waals surface area (Å²) in [5.74, 6) is 0.